The average molecular weight is 240 g/mol. The van der Waals surface area contributed by atoms with Gasteiger partial charge in [-0.15, -0.1) is 0 Å². The number of esters is 1. The van der Waals surface area contributed by atoms with E-state index in [1.54, 1.807) is 0 Å². The van der Waals surface area contributed by atoms with E-state index in [1.807, 2.05) is 13.8 Å². The summed E-state index contributed by atoms with van der Waals surface area (Å²) in [6.45, 7) is 3.82. The molecule has 0 aromatic rings. The zero-order chi connectivity index (χ0) is 11.8. The molecule has 2 bridgehead atoms. The molecule has 0 aromatic carbocycles. The molecule has 0 N–H and O–H groups in total. The highest BCUT2D eigenvalue weighted by atomic mass is 16.8. The van der Waals surface area contributed by atoms with Crippen LogP contribution in [0.2, 0.25) is 0 Å². The highest BCUT2D eigenvalue weighted by Crippen LogP contribution is 2.53. The fourth-order valence-corrected chi connectivity index (χ4v) is 3.74. The fraction of sp³-hybridized carbons (Fsp3) is 0.917. The van der Waals surface area contributed by atoms with E-state index in [0.29, 0.717) is 12.8 Å². The van der Waals surface area contributed by atoms with Gasteiger partial charge in [-0.2, -0.15) is 0 Å². The molecule has 4 rings (SSSR count). The number of carbonyl (C=O) groups excluding carboxylic acids is 1. The van der Waals surface area contributed by atoms with E-state index in [4.69, 9.17) is 18.9 Å². The molecule has 94 valence electrons. The van der Waals surface area contributed by atoms with Crippen molar-refractivity contribution in [2.24, 2.45) is 0 Å². The molecular weight excluding hydrogens is 224 g/mol. The topological polar surface area (TPSA) is 54.0 Å². The summed E-state index contributed by atoms with van der Waals surface area (Å²) in [7, 11) is 0. The summed E-state index contributed by atoms with van der Waals surface area (Å²) in [5.74, 6) is -0.706. The number of rotatable bonds is 0. The van der Waals surface area contributed by atoms with E-state index < -0.39 is 11.4 Å². The maximum absolute atomic E-state index is 11.4. The molecule has 1 spiro atoms. The second kappa shape index (κ2) is 2.84. The maximum atomic E-state index is 11.4. The van der Waals surface area contributed by atoms with E-state index in [2.05, 4.69) is 0 Å². The molecule has 5 atom stereocenters. The van der Waals surface area contributed by atoms with E-state index >= 15 is 0 Å². The van der Waals surface area contributed by atoms with Crippen LogP contribution in [-0.2, 0) is 23.7 Å². The van der Waals surface area contributed by atoms with Crippen molar-refractivity contribution in [1.29, 1.82) is 0 Å². The van der Waals surface area contributed by atoms with E-state index in [1.165, 1.54) is 0 Å². The third-order valence-electron chi connectivity index (χ3n) is 4.28. The van der Waals surface area contributed by atoms with Gasteiger partial charge in [0.1, 0.15) is 17.8 Å². The van der Waals surface area contributed by atoms with Crippen LogP contribution in [0.15, 0.2) is 0 Å². The van der Waals surface area contributed by atoms with Crippen LogP contribution >= 0.6 is 0 Å². The molecule has 1 unspecified atom stereocenters. The van der Waals surface area contributed by atoms with Gasteiger partial charge in [0.15, 0.2) is 5.79 Å². The van der Waals surface area contributed by atoms with Crippen molar-refractivity contribution in [3.8, 4) is 0 Å². The van der Waals surface area contributed by atoms with Crippen LogP contribution in [0.1, 0.15) is 33.1 Å². The van der Waals surface area contributed by atoms with Gasteiger partial charge in [-0.05, 0) is 13.8 Å². The van der Waals surface area contributed by atoms with E-state index in [-0.39, 0.29) is 30.4 Å². The molecule has 4 aliphatic rings. The Morgan fingerprint density at radius 3 is 2.76 bits per heavy atom. The first-order chi connectivity index (χ1) is 7.97. The Morgan fingerprint density at radius 2 is 1.94 bits per heavy atom. The second-order valence-electron chi connectivity index (χ2n) is 5.95. The van der Waals surface area contributed by atoms with Crippen molar-refractivity contribution in [1.82, 2.24) is 0 Å². The van der Waals surface area contributed by atoms with E-state index in [0.717, 1.165) is 6.42 Å². The van der Waals surface area contributed by atoms with Gasteiger partial charge in [-0.25, -0.2) is 0 Å². The highest BCUT2D eigenvalue weighted by Gasteiger charge is 2.66. The lowest BCUT2D eigenvalue weighted by molar-refractivity contribution is -0.162. The fourth-order valence-electron chi connectivity index (χ4n) is 3.74. The van der Waals surface area contributed by atoms with Crippen LogP contribution in [0.3, 0.4) is 0 Å². The number of hydrogen-bond donors (Lipinski definition) is 0. The quantitative estimate of drug-likeness (QED) is 0.585. The van der Waals surface area contributed by atoms with Crippen LogP contribution in [0.25, 0.3) is 0 Å². The largest absolute Gasteiger partial charge is 0.456 e. The zero-order valence-electron chi connectivity index (χ0n) is 9.97. The molecule has 5 heteroatoms. The number of hydrogen-bond acceptors (Lipinski definition) is 5. The van der Waals surface area contributed by atoms with Crippen molar-refractivity contribution in [2.75, 3.05) is 0 Å². The van der Waals surface area contributed by atoms with Gasteiger partial charge < -0.3 is 18.9 Å². The standard InChI is InChI=1S/C12H16O5/c1-11(2)15-7-5-12-4-6(10(7)17-11)14-8(12)3-9(13)16-12/h6-8,10H,3-5H2,1-2H3/t6-,7-,8+,10+,12?/m1/s1. The minimum Gasteiger partial charge on any atom is -0.456 e. The average Bonchev–Trinajstić information content (AvgIpc) is 2.72. The summed E-state index contributed by atoms with van der Waals surface area (Å²) < 4.78 is 23.2. The van der Waals surface area contributed by atoms with Crippen molar-refractivity contribution in [2.45, 2.75) is 68.9 Å². The first-order valence-corrected chi connectivity index (χ1v) is 6.20. The summed E-state index contributed by atoms with van der Waals surface area (Å²) in [6, 6.07) is 0. The maximum Gasteiger partial charge on any atom is 0.309 e. The Morgan fingerprint density at radius 1 is 1.18 bits per heavy atom. The monoisotopic (exact) mass is 240 g/mol. The molecule has 17 heavy (non-hydrogen) atoms. The van der Waals surface area contributed by atoms with Crippen molar-refractivity contribution < 1.29 is 23.7 Å². The molecule has 3 aliphatic heterocycles. The summed E-state index contributed by atoms with van der Waals surface area (Å²) >= 11 is 0. The summed E-state index contributed by atoms with van der Waals surface area (Å²) in [5.41, 5.74) is -0.438. The predicted octanol–water partition coefficient (Wildman–Crippen LogP) is 0.753. The number of fused-ring (bicyclic) bond motifs is 3. The van der Waals surface area contributed by atoms with Gasteiger partial charge in [0.25, 0.3) is 0 Å². The predicted molar refractivity (Wildman–Crippen MR) is 55.2 cm³/mol. The molecule has 1 saturated carbocycles. The summed E-state index contributed by atoms with van der Waals surface area (Å²) in [4.78, 5) is 11.4. The van der Waals surface area contributed by atoms with Gasteiger partial charge in [0, 0.05) is 12.8 Å². The number of ether oxygens (including phenoxy) is 4. The molecule has 0 amide bonds. The summed E-state index contributed by atoms with van der Waals surface area (Å²) in [6.07, 6.45) is 1.71. The van der Waals surface area contributed by atoms with Crippen LogP contribution in [-0.4, -0.2) is 41.8 Å². The Bertz CT molecular complexity index is 392. The van der Waals surface area contributed by atoms with Gasteiger partial charge in [0.05, 0.1) is 18.6 Å². The van der Waals surface area contributed by atoms with Crippen LogP contribution in [0.4, 0.5) is 0 Å². The lowest BCUT2D eigenvalue weighted by Gasteiger charge is -2.34. The highest BCUT2D eigenvalue weighted by molar-refractivity contribution is 5.73. The van der Waals surface area contributed by atoms with Gasteiger partial charge >= 0.3 is 5.97 Å². The molecule has 1 aliphatic carbocycles. The molecule has 4 fully saturated rings. The third-order valence-corrected chi connectivity index (χ3v) is 4.28. The first-order valence-electron chi connectivity index (χ1n) is 6.20. The minimum absolute atomic E-state index is 0.00799. The molecular formula is C12H16O5. The Kier molecular flexibility index (Phi) is 1.72. The van der Waals surface area contributed by atoms with Gasteiger partial charge in [-0.1, -0.05) is 0 Å². The molecule has 3 heterocycles. The van der Waals surface area contributed by atoms with Crippen LogP contribution in [0, 0.1) is 0 Å². The molecule has 3 saturated heterocycles. The lowest BCUT2D eigenvalue weighted by atomic mass is 9.80. The Balaban J connectivity index is 1.66. The van der Waals surface area contributed by atoms with Gasteiger partial charge in [0.2, 0.25) is 0 Å². The molecule has 0 aromatic heterocycles. The van der Waals surface area contributed by atoms with E-state index in [9.17, 15) is 4.79 Å². The van der Waals surface area contributed by atoms with Crippen LogP contribution in [0.5, 0.6) is 0 Å². The molecule has 0 radical (unpaired) electrons. The Hall–Kier alpha value is -0.650. The Labute approximate surface area is 99.3 Å². The normalized spacial score (nSPS) is 54.4. The SMILES string of the molecule is CC1(C)O[C@H]2[C@H]3CC4(C[C@H]2O1)OC(=O)C[C@@H]4O3. The van der Waals surface area contributed by atoms with Crippen molar-refractivity contribution in [3.63, 3.8) is 0 Å². The van der Waals surface area contributed by atoms with Gasteiger partial charge in [-0.3, -0.25) is 4.79 Å². The first kappa shape index (κ1) is 10.3. The zero-order valence-corrected chi connectivity index (χ0v) is 9.97. The minimum atomic E-state index is -0.558. The molecule has 5 nitrogen and oxygen atoms in total. The van der Waals surface area contributed by atoms with Crippen LogP contribution < -0.4 is 0 Å². The smallest absolute Gasteiger partial charge is 0.309 e. The van der Waals surface area contributed by atoms with Crippen molar-refractivity contribution >= 4 is 5.97 Å². The van der Waals surface area contributed by atoms with Crippen molar-refractivity contribution in [3.05, 3.63) is 0 Å². The third kappa shape index (κ3) is 1.27. The lowest BCUT2D eigenvalue weighted by Crippen LogP contribution is -2.47. The second-order valence-corrected chi connectivity index (χ2v) is 5.95. The summed E-state index contributed by atoms with van der Waals surface area (Å²) in [5, 5.41) is 0. The number of carbonyl (C=O) groups is 1.